The molecule has 1 saturated carbocycles. The number of anilines is 1. The monoisotopic (exact) mass is 336 g/mol. The molecule has 20 heavy (non-hydrogen) atoms. The molecule has 0 bridgehead atoms. The first-order valence-electron chi connectivity index (χ1n) is 6.86. The van der Waals surface area contributed by atoms with Crippen LogP contribution in [-0.2, 0) is 16.1 Å². The maximum absolute atomic E-state index is 12.4. The highest BCUT2D eigenvalue weighted by Crippen LogP contribution is 2.43. The fourth-order valence-electron chi connectivity index (χ4n) is 3.36. The van der Waals surface area contributed by atoms with Crippen LogP contribution in [0.1, 0.15) is 25.3 Å². The van der Waals surface area contributed by atoms with Crippen LogP contribution >= 0.6 is 15.9 Å². The zero-order valence-corrected chi connectivity index (χ0v) is 12.9. The summed E-state index contributed by atoms with van der Waals surface area (Å²) in [7, 11) is 0. The van der Waals surface area contributed by atoms with Gasteiger partial charge in [0.1, 0.15) is 0 Å². The Morgan fingerprint density at radius 3 is 2.40 bits per heavy atom. The Balaban J connectivity index is 1.82. The topological polar surface area (TPSA) is 63.4 Å². The molecule has 2 atom stereocenters. The van der Waals surface area contributed by atoms with E-state index >= 15 is 0 Å². The van der Waals surface area contributed by atoms with Crippen molar-refractivity contribution in [2.45, 2.75) is 26.3 Å². The Hall–Kier alpha value is -1.36. The zero-order chi connectivity index (χ0) is 14.4. The Bertz CT molecular complexity index is 563. The summed E-state index contributed by atoms with van der Waals surface area (Å²) in [6.07, 6.45) is 1.68. The summed E-state index contributed by atoms with van der Waals surface area (Å²) in [6, 6.07) is 5.44. The molecule has 0 aromatic heterocycles. The number of imide groups is 1. The summed E-state index contributed by atoms with van der Waals surface area (Å²) in [5.41, 5.74) is 7.27. The van der Waals surface area contributed by atoms with Crippen LogP contribution in [-0.4, -0.2) is 16.7 Å². The number of amides is 2. The predicted molar refractivity (Wildman–Crippen MR) is 79.5 cm³/mol. The lowest BCUT2D eigenvalue weighted by atomic mass is 10.00. The van der Waals surface area contributed by atoms with Gasteiger partial charge in [0.15, 0.2) is 0 Å². The smallest absolute Gasteiger partial charge is 0.233 e. The lowest BCUT2D eigenvalue weighted by Crippen LogP contribution is -2.31. The molecule has 4 nitrogen and oxygen atoms in total. The largest absolute Gasteiger partial charge is 0.399 e. The number of halogens is 1. The highest BCUT2D eigenvalue weighted by atomic mass is 79.9. The minimum Gasteiger partial charge on any atom is -0.399 e. The van der Waals surface area contributed by atoms with E-state index in [9.17, 15) is 9.59 Å². The summed E-state index contributed by atoms with van der Waals surface area (Å²) in [5, 5.41) is 0. The maximum atomic E-state index is 12.4. The van der Waals surface area contributed by atoms with Crippen molar-refractivity contribution in [3.05, 3.63) is 28.2 Å². The third-order valence-electron chi connectivity index (χ3n) is 4.37. The van der Waals surface area contributed by atoms with E-state index < -0.39 is 0 Å². The van der Waals surface area contributed by atoms with E-state index in [-0.39, 0.29) is 23.7 Å². The van der Waals surface area contributed by atoms with Gasteiger partial charge in [0.25, 0.3) is 0 Å². The van der Waals surface area contributed by atoms with E-state index in [0.717, 1.165) is 22.9 Å². The second kappa shape index (κ2) is 4.88. The first-order chi connectivity index (χ1) is 9.47. The molecule has 2 amide bonds. The summed E-state index contributed by atoms with van der Waals surface area (Å²) >= 11 is 3.44. The molecule has 2 fully saturated rings. The molecule has 5 heteroatoms. The number of likely N-dealkylation sites (tertiary alicyclic amines) is 1. The first kappa shape index (κ1) is 13.6. The van der Waals surface area contributed by atoms with Crippen molar-refractivity contribution >= 4 is 33.4 Å². The summed E-state index contributed by atoms with van der Waals surface area (Å²) < 4.78 is 0.837. The van der Waals surface area contributed by atoms with Crippen molar-refractivity contribution < 1.29 is 9.59 Å². The number of hydrogen-bond donors (Lipinski definition) is 1. The van der Waals surface area contributed by atoms with Crippen LogP contribution in [0.5, 0.6) is 0 Å². The summed E-state index contributed by atoms with van der Waals surface area (Å²) in [4.78, 5) is 26.2. The van der Waals surface area contributed by atoms with Crippen LogP contribution in [0.15, 0.2) is 22.7 Å². The predicted octanol–water partition coefficient (Wildman–Crippen LogP) is 2.56. The van der Waals surface area contributed by atoms with Crippen molar-refractivity contribution in [3.8, 4) is 0 Å². The van der Waals surface area contributed by atoms with E-state index in [1.807, 2.05) is 6.07 Å². The Morgan fingerprint density at radius 2 is 1.85 bits per heavy atom. The Morgan fingerprint density at radius 1 is 1.25 bits per heavy atom. The van der Waals surface area contributed by atoms with Gasteiger partial charge in [0.2, 0.25) is 11.8 Å². The third kappa shape index (κ3) is 2.14. The molecule has 1 aromatic carbocycles. The first-order valence-corrected chi connectivity index (χ1v) is 7.65. The molecule has 2 aliphatic rings. The number of benzene rings is 1. The number of nitrogen functional groups attached to an aromatic ring is 1. The van der Waals surface area contributed by atoms with Crippen LogP contribution in [0, 0.1) is 17.8 Å². The minimum atomic E-state index is -0.0925. The van der Waals surface area contributed by atoms with E-state index in [4.69, 9.17) is 5.73 Å². The average Bonchev–Trinajstić information content (AvgIpc) is 2.86. The molecule has 2 N–H and O–H groups in total. The van der Waals surface area contributed by atoms with Crippen LogP contribution in [0.25, 0.3) is 0 Å². The van der Waals surface area contributed by atoms with Crippen molar-refractivity contribution in [1.29, 1.82) is 0 Å². The van der Waals surface area contributed by atoms with Gasteiger partial charge in [0, 0.05) is 10.2 Å². The molecule has 3 rings (SSSR count). The highest BCUT2D eigenvalue weighted by Gasteiger charge is 2.51. The lowest BCUT2D eigenvalue weighted by molar-refractivity contribution is -0.141. The molecule has 0 spiro atoms. The molecule has 0 radical (unpaired) electrons. The number of fused-ring (bicyclic) bond motifs is 1. The van der Waals surface area contributed by atoms with Gasteiger partial charge in [-0.15, -0.1) is 0 Å². The highest BCUT2D eigenvalue weighted by molar-refractivity contribution is 9.10. The standard InChI is InChI=1S/C15H17BrN2O2/c1-8-4-11-12(5-8)15(20)18(14(11)19)7-9-2-3-10(17)6-13(9)16/h2-3,6,8,11-12H,4-5,7,17H2,1H3. The fraction of sp³-hybridized carbons (Fsp3) is 0.467. The average molecular weight is 337 g/mol. The molecule has 2 unspecified atom stereocenters. The van der Waals surface area contributed by atoms with Crippen LogP contribution in [0.2, 0.25) is 0 Å². The van der Waals surface area contributed by atoms with Gasteiger partial charge in [-0.3, -0.25) is 14.5 Å². The Labute approximate surface area is 126 Å². The van der Waals surface area contributed by atoms with E-state index in [1.165, 1.54) is 4.90 Å². The van der Waals surface area contributed by atoms with Gasteiger partial charge in [-0.2, -0.15) is 0 Å². The molecule has 1 aliphatic carbocycles. The summed E-state index contributed by atoms with van der Waals surface area (Å²) in [5.74, 6) is 0.277. The maximum Gasteiger partial charge on any atom is 0.233 e. The van der Waals surface area contributed by atoms with Gasteiger partial charge in [0.05, 0.1) is 18.4 Å². The number of carbonyl (C=O) groups is 2. The SMILES string of the molecule is CC1CC2C(=O)N(Cc3ccc(N)cc3Br)C(=O)C2C1. The summed E-state index contributed by atoms with van der Waals surface area (Å²) in [6.45, 7) is 2.44. The third-order valence-corrected chi connectivity index (χ3v) is 5.11. The molecule has 1 heterocycles. The molecular formula is C15H17BrN2O2. The van der Waals surface area contributed by atoms with Gasteiger partial charge in [-0.25, -0.2) is 0 Å². The number of nitrogens with two attached hydrogens (primary N) is 1. The van der Waals surface area contributed by atoms with E-state index in [0.29, 0.717) is 18.2 Å². The second-order valence-corrected chi connectivity index (χ2v) is 6.76. The van der Waals surface area contributed by atoms with Crippen molar-refractivity contribution in [2.24, 2.45) is 17.8 Å². The van der Waals surface area contributed by atoms with Crippen molar-refractivity contribution in [3.63, 3.8) is 0 Å². The van der Waals surface area contributed by atoms with E-state index in [1.54, 1.807) is 12.1 Å². The van der Waals surface area contributed by atoms with Crippen LogP contribution < -0.4 is 5.73 Å². The zero-order valence-electron chi connectivity index (χ0n) is 11.3. The second-order valence-electron chi connectivity index (χ2n) is 5.90. The van der Waals surface area contributed by atoms with Crippen molar-refractivity contribution in [2.75, 3.05) is 5.73 Å². The van der Waals surface area contributed by atoms with Gasteiger partial charge in [-0.1, -0.05) is 28.9 Å². The molecule has 106 valence electrons. The Kier molecular flexibility index (Phi) is 3.32. The minimum absolute atomic E-state index is 0.00641. The number of rotatable bonds is 2. The van der Waals surface area contributed by atoms with Gasteiger partial charge >= 0.3 is 0 Å². The number of hydrogen-bond acceptors (Lipinski definition) is 3. The quantitative estimate of drug-likeness (QED) is 0.666. The van der Waals surface area contributed by atoms with Gasteiger partial charge in [-0.05, 0) is 36.5 Å². The van der Waals surface area contributed by atoms with Gasteiger partial charge < -0.3 is 5.73 Å². The van der Waals surface area contributed by atoms with Crippen LogP contribution in [0.3, 0.4) is 0 Å². The number of carbonyl (C=O) groups excluding carboxylic acids is 2. The van der Waals surface area contributed by atoms with Crippen LogP contribution in [0.4, 0.5) is 5.69 Å². The lowest BCUT2D eigenvalue weighted by Gasteiger charge is -2.18. The molecule has 1 aliphatic heterocycles. The normalized spacial score (nSPS) is 29.1. The molecular weight excluding hydrogens is 320 g/mol. The molecule has 1 aromatic rings. The fourth-order valence-corrected chi connectivity index (χ4v) is 3.89. The van der Waals surface area contributed by atoms with E-state index in [2.05, 4.69) is 22.9 Å². The van der Waals surface area contributed by atoms with Crippen molar-refractivity contribution in [1.82, 2.24) is 4.90 Å². The number of nitrogens with zero attached hydrogens (tertiary/aromatic N) is 1. The molecule has 1 saturated heterocycles.